The van der Waals surface area contributed by atoms with Gasteiger partial charge in [-0.2, -0.15) is 0 Å². The minimum atomic E-state index is -0.681. The lowest BCUT2D eigenvalue weighted by Gasteiger charge is -2.44. The first-order chi connectivity index (χ1) is 16.9. The average molecular weight is 502 g/mol. The average Bonchev–Trinajstić information content (AvgIpc) is 2.89. The Balaban J connectivity index is 1.76. The molecule has 1 aliphatic rings. The molecule has 3 aromatic rings. The smallest absolute Gasteiger partial charge is 0.240 e. The standard InChI is InChI=1S/C25H29ClFN5O3/c1-4-32(25(24(33)28-2)8-10-35-11-9-25)14-16-12-17-20(13-21(16)34-3)29-15-30-23(17)31-19-7-5-6-18(26)22(19)27/h5-7,12-13,15H,4,8-11,14H2,1-3H3,(H,28,33)(H,29,30,31). The van der Waals surface area contributed by atoms with Crippen molar-refractivity contribution in [3.8, 4) is 5.75 Å². The molecule has 0 radical (unpaired) electrons. The molecule has 186 valence electrons. The molecule has 2 heterocycles. The van der Waals surface area contributed by atoms with Crippen LogP contribution >= 0.6 is 11.6 Å². The number of anilines is 2. The number of aromatic nitrogens is 2. The van der Waals surface area contributed by atoms with Crippen molar-refractivity contribution in [3.63, 3.8) is 0 Å². The zero-order valence-corrected chi connectivity index (χ0v) is 20.8. The fraction of sp³-hybridized carbons (Fsp3) is 0.400. The monoisotopic (exact) mass is 501 g/mol. The van der Waals surface area contributed by atoms with Crippen molar-refractivity contribution < 1.29 is 18.7 Å². The van der Waals surface area contributed by atoms with E-state index in [1.807, 2.05) is 19.1 Å². The number of fused-ring (bicyclic) bond motifs is 1. The Hall–Kier alpha value is -3.01. The Morgan fingerprint density at radius 1 is 1.29 bits per heavy atom. The maximum atomic E-state index is 14.5. The van der Waals surface area contributed by atoms with Crippen LogP contribution in [0.5, 0.6) is 5.75 Å². The summed E-state index contributed by atoms with van der Waals surface area (Å²) in [6.45, 7) is 4.19. The molecule has 0 unspecified atom stereocenters. The largest absolute Gasteiger partial charge is 0.496 e. The van der Waals surface area contributed by atoms with E-state index in [-0.39, 0.29) is 16.6 Å². The molecule has 4 rings (SSSR count). The highest BCUT2D eigenvalue weighted by molar-refractivity contribution is 6.31. The molecule has 8 nitrogen and oxygen atoms in total. The zero-order valence-electron chi connectivity index (χ0n) is 20.0. The van der Waals surface area contributed by atoms with Crippen molar-refractivity contribution in [1.29, 1.82) is 0 Å². The zero-order chi connectivity index (χ0) is 25.0. The predicted octanol–water partition coefficient (Wildman–Crippen LogP) is 4.29. The van der Waals surface area contributed by atoms with E-state index in [0.29, 0.717) is 61.6 Å². The number of ether oxygens (including phenoxy) is 2. The van der Waals surface area contributed by atoms with E-state index in [2.05, 4.69) is 25.5 Å². The summed E-state index contributed by atoms with van der Waals surface area (Å²) in [7, 11) is 3.26. The lowest BCUT2D eigenvalue weighted by Crippen LogP contribution is -2.60. The van der Waals surface area contributed by atoms with Crippen molar-refractivity contribution in [2.24, 2.45) is 0 Å². The number of methoxy groups -OCH3 is 1. The molecule has 1 amide bonds. The molecule has 2 N–H and O–H groups in total. The van der Waals surface area contributed by atoms with Crippen LogP contribution < -0.4 is 15.4 Å². The third-order valence-electron chi connectivity index (χ3n) is 6.56. The second-order valence-electron chi connectivity index (χ2n) is 8.37. The van der Waals surface area contributed by atoms with E-state index in [1.165, 1.54) is 12.4 Å². The number of likely N-dealkylation sites (N-methyl/N-ethyl adjacent to an activating group) is 2. The molecule has 1 saturated heterocycles. The van der Waals surface area contributed by atoms with E-state index in [9.17, 15) is 9.18 Å². The Kier molecular flexibility index (Phi) is 7.69. The van der Waals surface area contributed by atoms with Crippen molar-refractivity contribution in [2.45, 2.75) is 31.8 Å². The highest BCUT2D eigenvalue weighted by atomic mass is 35.5. The Morgan fingerprint density at radius 2 is 2.06 bits per heavy atom. The molecule has 10 heteroatoms. The lowest BCUT2D eigenvalue weighted by molar-refractivity contribution is -0.140. The van der Waals surface area contributed by atoms with Crippen molar-refractivity contribution in [2.75, 3.05) is 39.2 Å². The molecule has 0 spiro atoms. The van der Waals surface area contributed by atoms with E-state index < -0.39 is 11.4 Å². The van der Waals surface area contributed by atoms with Gasteiger partial charge in [0.05, 0.1) is 23.3 Å². The topological polar surface area (TPSA) is 88.6 Å². The van der Waals surface area contributed by atoms with Gasteiger partial charge in [-0.25, -0.2) is 14.4 Å². The number of carbonyl (C=O) groups excluding carboxylic acids is 1. The molecule has 0 atom stereocenters. The van der Waals surface area contributed by atoms with E-state index in [0.717, 1.165) is 5.56 Å². The van der Waals surface area contributed by atoms with Gasteiger partial charge in [-0.1, -0.05) is 24.6 Å². The molecule has 0 saturated carbocycles. The minimum Gasteiger partial charge on any atom is -0.496 e. The van der Waals surface area contributed by atoms with Crippen LogP contribution in [0.1, 0.15) is 25.3 Å². The summed E-state index contributed by atoms with van der Waals surface area (Å²) in [5.41, 5.74) is 1.03. The number of nitrogens with zero attached hydrogens (tertiary/aromatic N) is 3. The summed E-state index contributed by atoms with van der Waals surface area (Å²) in [5.74, 6) is 0.507. The van der Waals surface area contributed by atoms with E-state index in [1.54, 1.807) is 26.3 Å². The molecular weight excluding hydrogens is 473 g/mol. The van der Waals surface area contributed by atoms with Gasteiger partial charge in [0, 0.05) is 43.8 Å². The van der Waals surface area contributed by atoms with Crippen LogP contribution in [0.25, 0.3) is 10.9 Å². The van der Waals surface area contributed by atoms with Crippen LogP contribution in [0.2, 0.25) is 5.02 Å². The highest BCUT2D eigenvalue weighted by Gasteiger charge is 2.44. The number of carbonyl (C=O) groups is 1. The first-order valence-corrected chi connectivity index (χ1v) is 11.9. The van der Waals surface area contributed by atoms with Crippen LogP contribution in [0.3, 0.4) is 0 Å². The van der Waals surface area contributed by atoms with Gasteiger partial charge in [0.25, 0.3) is 0 Å². The summed E-state index contributed by atoms with van der Waals surface area (Å²) in [5, 5.41) is 6.59. The number of halogens is 2. The molecule has 0 bridgehead atoms. The molecule has 0 aliphatic carbocycles. The third kappa shape index (κ3) is 4.89. The fourth-order valence-electron chi connectivity index (χ4n) is 4.67. The number of hydrogen-bond acceptors (Lipinski definition) is 7. The minimum absolute atomic E-state index is 0.0188. The van der Waals surface area contributed by atoms with Gasteiger partial charge in [-0.05, 0) is 37.6 Å². The lowest BCUT2D eigenvalue weighted by atomic mass is 9.86. The van der Waals surface area contributed by atoms with Gasteiger partial charge in [-0.15, -0.1) is 0 Å². The van der Waals surface area contributed by atoms with Crippen LogP contribution in [-0.4, -0.2) is 60.2 Å². The van der Waals surface area contributed by atoms with Gasteiger partial charge < -0.3 is 20.1 Å². The first kappa shape index (κ1) is 25.1. The number of nitrogens with one attached hydrogen (secondary N) is 2. The summed E-state index contributed by atoms with van der Waals surface area (Å²) < 4.78 is 25.8. The molecule has 2 aromatic carbocycles. The van der Waals surface area contributed by atoms with Gasteiger partial charge in [0.2, 0.25) is 5.91 Å². The van der Waals surface area contributed by atoms with Gasteiger partial charge in [0.1, 0.15) is 23.4 Å². The van der Waals surface area contributed by atoms with Crippen LogP contribution in [-0.2, 0) is 16.1 Å². The maximum absolute atomic E-state index is 14.5. The summed E-state index contributed by atoms with van der Waals surface area (Å²) in [6.07, 6.45) is 2.61. The Labute approximate surface area is 208 Å². The van der Waals surface area contributed by atoms with Gasteiger partial charge >= 0.3 is 0 Å². The maximum Gasteiger partial charge on any atom is 0.240 e. The Morgan fingerprint density at radius 3 is 2.74 bits per heavy atom. The number of amides is 1. The molecule has 1 fully saturated rings. The second-order valence-corrected chi connectivity index (χ2v) is 8.77. The number of hydrogen-bond donors (Lipinski definition) is 2. The summed E-state index contributed by atoms with van der Waals surface area (Å²) >= 11 is 5.95. The molecule has 1 aromatic heterocycles. The summed E-state index contributed by atoms with van der Waals surface area (Å²) in [6, 6.07) is 8.50. The first-order valence-electron chi connectivity index (χ1n) is 11.5. The quantitative estimate of drug-likeness (QED) is 0.476. The molecule has 35 heavy (non-hydrogen) atoms. The highest BCUT2D eigenvalue weighted by Crippen LogP contribution is 2.35. The number of rotatable bonds is 8. The SMILES string of the molecule is CCN(Cc1cc2c(Nc3cccc(Cl)c3F)ncnc2cc1OC)C1(C(=O)NC)CCOCC1. The van der Waals surface area contributed by atoms with E-state index >= 15 is 0 Å². The normalized spacial score (nSPS) is 15.3. The van der Waals surface area contributed by atoms with Crippen LogP contribution in [0.15, 0.2) is 36.7 Å². The fourth-order valence-corrected chi connectivity index (χ4v) is 4.84. The van der Waals surface area contributed by atoms with E-state index in [4.69, 9.17) is 21.1 Å². The molecule has 1 aliphatic heterocycles. The number of benzene rings is 2. The second kappa shape index (κ2) is 10.7. The third-order valence-corrected chi connectivity index (χ3v) is 6.85. The van der Waals surface area contributed by atoms with Crippen LogP contribution in [0, 0.1) is 5.82 Å². The van der Waals surface area contributed by atoms with Gasteiger partial charge in [0.15, 0.2) is 5.82 Å². The van der Waals surface area contributed by atoms with Crippen molar-refractivity contribution in [3.05, 3.63) is 53.1 Å². The predicted molar refractivity (Wildman–Crippen MR) is 134 cm³/mol. The van der Waals surface area contributed by atoms with Crippen LogP contribution in [0.4, 0.5) is 15.9 Å². The van der Waals surface area contributed by atoms with Crippen molar-refractivity contribution in [1.82, 2.24) is 20.2 Å². The van der Waals surface area contributed by atoms with Crippen molar-refractivity contribution >= 4 is 39.9 Å². The Bertz CT molecular complexity index is 1220. The molecular formula is C25H29ClFN5O3. The summed E-state index contributed by atoms with van der Waals surface area (Å²) in [4.78, 5) is 23.9. The van der Waals surface area contributed by atoms with Gasteiger partial charge in [-0.3, -0.25) is 9.69 Å².